The third-order valence-electron chi connectivity index (χ3n) is 3.65. The predicted octanol–water partition coefficient (Wildman–Crippen LogP) is 5.09. The van der Waals surface area contributed by atoms with Crippen molar-refractivity contribution in [3.05, 3.63) is 76.8 Å². The van der Waals surface area contributed by atoms with Crippen LogP contribution in [-0.4, -0.2) is 13.5 Å². The van der Waals surface area contributed by atoms with Gasteiger partial charge in [-0.2, -0.15) is 0 Å². The van der Waals surface area contributed by atoms with Crippen molar-refractivity contribution >= 4 is 25.8 Å². The molecule has 0 aromatic heterocycles. The first-order valence-electron chi connectivity index (χ1n) is 7.45. The lowest BCUT2D eigenvalue weighted by Crippen LogP contribution is -2.02. The van der Waals surface area contributed by atoms with Crippen molar-refractivity contribution in [1.82, 2.24) is 0 Å². The molecule has 0 atom stereocenters. The van der Waals surface area contributed by atoms with Crippen molar-refractivity contribution in [3.8, 4) is 17.2 Å². The summed E-state index contributed by atoms with van der Waals surface area (Å²) in [7, 11) is -3.78. The number of benzene rings is 3. The fraction of sp³-hybridized carbons (Fsp3) is 0.0526. The summed E-state index contributed by atoms with van der Waals surface area (Å²) >= 11 is 3.40. The molecule has 0 saturated heterocycles. The highest BCUT2D eigenvalue weighted by Gasteiger charge is 2.21. The van der Waals surface area contributed by atoms with Crippen LogP contribution < -0.4 is 4.74 Å². The molecule has 128 valence electrons. The third kappa shape index (κ3) is 3.70. The van der Waals surface area contributed by atoms with Crippen LogP contribution in [0, 0.1) is 6.92 Å². The maximum absolute atomic E-state index is 12.6. The summed E-state index contributed by atoms with van der Waals surface area (Å²) in [6.45, 7) is 1.93. The van der Waals surface area contributed by atoms with Crippen molar-refractivity contribution < 1.29 is 18.3 Å². The second-order valence-electron chi connectivity index (χ2n) is 5.45. The Morgan fingerprint density at radius 1 is 0.960 bits per heavy atom. The Hall–Kier alpha value is -2.31. The molecule has 25 heavy (non-hydrogen) atoms. The first-order chi connectivity index (χ1) is 11.9. The van der Waals surface area contributed by atoms with Gasteiger partial charge in [-0.25, -0.2) is 8.42 Å². The molecule has 0 amide bonds. The molecule has 0 aliphatic carbocycles. The minimum Gasteiger partial charge on any atom is -0.507 e. The monoisotopic (exact) mass is 418 g/mol. The SMILES string of the molecule is Cc1cc(Br)ccc1Oc1ccc(S(=O)(=O)c2ccccc2O)cc1. The Bertz CT molecular complexity index is 1010. The normalized spacial score (nSPS) is 11.3. The van der Waals surface area contributed by atoms with E-state index in [1.165, 1.54) is 24.3 Å². The van der Waals surface area contributed by atoms with Gasteiger partial charge in [0.1, 0.15) is 22.1 Å². The van der Waals surface area contributed by atoms with E-state index in [4.69, 9.17) is 4.74 Å². The van der Waals surface area contributed by atoms with Gasteiger partial charge in [-0.05, 0) is 67.1 Å². The lowest BCUT2D eigenvalue weighted by Gasteiger charge is -2.10. The molecule has 4 nitrogen and oxygen atoms in total. The molecule has 0 radical (unpaired) electrons. The number of sulfone groups is 1. The van der Waals surface area contributed by atoms with Gasteiger partial charge >= 0.3 is 0 Å². The summed E-state index contributed by atoms with van der Waals surface area (Å²) in [4.78, 5) is -0.0266. The summed E-state index contributed by atoms with van der Waals surface area (Å²) in [5.41, 5.74) is 0.959. The number of para-hydroxylation sites is 1. The smallest absolute Gasteiger partial charge is 0.210 e. The second kappa shape index (κ2) is 6.90. The Morgan fingerprint density at radius 2 is 1.64 bits per heavy atom. The molecule has 0 fully saturated rings. The fourth-order valence-corrected chi connectivity index (χ4v) is 4.18. The van der Waals surface area contributed by atoms with E-state index in [-0.39, 0.29) is 15.5 Å². The molecule has 6 heteroatoms. The molecule has 0 heterocycles. The molecule has 3 rings (SSSR count). The van der Waals surface area contributed by atoms with E-state index in [9.17, 15) is 13.5 Å². The van der Waals surface area contributed by atoms with E-state index in [0.29, 0.717) is 11.5 Å². The van der Waals surface area contributed by atoms with E-state index >= 15 is 0 Å². The highest BCUT2D eigenvalue weighted by molar-refractivity contribution is 9.10. The van der Waals surface area contributed by atoms with Crippen LogP contribution >= 0.6 is 15.9 Å². The van der Waals surface area contributed by atoms with Crippen LogP contribution in [0.4, 0.5) is 0 Å². The van der Waals surface area contributed by atoms with Gasteiger partial charge in [0.15, 0.2) is 0 Å². The van der Waals surface area contributed by atoms with Crippen LogP contribution in [0.25, 0.3) is 0 Å². The number of hydrogen-bond acceptors (Lipinski definition) is 4. The fourth-order valence-electron chi connectivity index (χ4n) is 2.35. The number of halogens is 1. The Balaban J connectivity index is 1.88. The van der Waals surface area contributed by atoms with E-state index in [2.05, 4.69) is 15.9 Å². The van der Waals surface area contributed by atoms with Crippen LogP contribution in [-0.2, 0) is 9.84 Å². The zero-order valence-corrected chi connectivity index (χ0v) is 15.7. The quantitative estimate of drug-likeness (QED) is 0.640. The second-order valence-corrected chi connectivity index (χ2v) is 8.29. The van der Waals surface area contributed by atoms with Crippen molar-refractivity contribution in [2.45, 2.75) is 16.7 Å². The van der Waals surface area contributed by atoms with Gasteiger partial charge in [-0.15, -0.1) is 0 Å². The van der Waals surface area contributed by atoms with E-state index in [1.54, 1.807) is 24.3 Å². The van der Waals surface area contributed by atoms with Gasteiger partial charge in [-0.3, -0.25) is 0 Å². The van der Waals surface area contributed by atoms with Gasteiger partial charge in [0.05, 0.1) is 4.90 Å². The average molecular weight is 419 g/mol. The number of aromatic hydroxyl groups is 1. The molecule has 1 N–H and O–H groups in total. The highest BCUT2D eigenvalue weighted by atomic mass is 79.9. The van der Waals surface area contributed by atoms with Gasteiger partial charge < -0.3 is 9.84 Å². The minimum absolute atomic E-state index is 0.0916. The van der Waals surface area contributed by atoms with E-state index in [1.807, 2.05) is 25.1 Å². The van der Waals surface area contributed by atoms with Crippen molar-refractivity contribution in [1.29, 1.82) is 0 Å². The van der Waals surface area contributed by atoms with Gasteiger partial charge in [-0.1, -0.05) is 28.1 Å². The summed E-state index contributed by atoms with van der Waals surface area (Å²) in [6.07, 6.45) is 0. The Kier molecular flexibility index (Phi) is 4.83. The summed E-state index contributed by atoms with van der Waals surface area (Å²) in [5, 5.41) is 9.80. The van der Waals surface area contributed by atoms with Crippen LogP contribution in [0.3, 0.4) is 0 Å². The largest absolute Gasteiger partial charge is 0.507 e. The number of phenols is 1. The number of ether oxygens (including phenoxy) is 1. The maximum atomic E-state index is 12.6. The lowest BCUT2D eigenvalue weighted by atomic mass is 10.2. The molecule has 0 spiro atoms. The van der Waals surface area contributed by atoms with Crippen LogP contribution in [0.5, 0.6) is 17.2 Å². The van der Waals surface area contributed by atoms with Gasteiger partial charge in [0.25, 0.3) is 0 Å². The third-order valence-corrected chi connectivity index (χ3v) is 5.96. The topological polar surface area (TPSA) is 63.6 Å². The summed E-state index contributed by atoms with van der Waals surface area (Å²) < 4.78 is 32.0. The molecule has 0 unspecified atom stereocenters. The number of hydrogen-bond donors (Lipinski definition) is 1. The number of rotatable bonds is 4. The van der Waals surface area contributed by atoms with Gasteiger partial charge in [0, 0.05) is 4.47 Å². The average Bonchev–Trinajstić information content (AvgIpc) is 2.58. The maximum Gasteiger partial charge on any atom is 0.210 e. The van der Waals surface area contributed by atoms with Crippen molar-refractivity contribution in [3.63, 3.8) is 0 Å². The van der Waals surface area contributed by atoms with E-state index < -0.39 is 9.84 Å². The molecule has 3 aromatic rings. The molecular formula is C19H15BrO4S. The first kappa shape index (κ1) is 17.5. The number of phenolic OH excluding ortho intramolecular Hbond substituents is 1. The van der Waals surface area contributed by atoms with Crippen LogP contribution in [0.15, 0.2) is 81.0 Å². The molecule has 0 aliphatic rings. The Labute approximate surface area is 154 Å². The van der Waals surface area contributed by atoms with Crippen LogP contribution in [0.1, 0.15) is 5.56 Å². The lowest BCUT2D eigenvalue weighted by molar-refractivity contribution is 0.458. The van der Waals surface area contributed by atoms with Crippen LogP contribution in [0.2, 0.25) is 0 Å². The predicted molar refractivity (Wildman–Crippen MR) is 99.0 cm³/mol. The standard InChI is InChI=1S/C19H15BrO4S/c1-13-12-14(20)6-11-18(13)24-15-7-9-16(10-8-15)25(22,23)19-5-3-2-4-17(19)21/h2-12,21H,1H3. The van der Waals surface area contributed by atoms with Crippen molar-refractivity contribution in [2.24, 2.45) is 0 Å². The summed E-state index contributed by atoms with van der Waals surface area (Å²) in [5.74, 6) is 0.953. The highest BCUT2D eigenvalue weighted by Crippen LogP contribution is 2.31. The molecule has 0 saturated carbocycles. The first-order valence-corrected chi connectivity index (χ1v) is 9.73. The zero-order chi connectivity index (χ0) is 18.0. The molecular weight excluding hydrogens is 404 g/mol. The summed E-state index contributed by atoms with van der Waals surface area (Å²) in [6, 6.07) is 17.6. The van der Waals surface area contributed by atoms with Crippen molar-refractivity contribution in [2.75, 3.05) is 0 Å². The Morgan fingerprint density at radius 3 is 2.28 bits per heavy atom. The molecule has 3 aromatic carbocycles. The zero-order valence-electron chi connectivity index (χ0n) is 13.3. The van der Waals surface area contributed by atoms with E-state index in [0.717, 1.165) is 10.0 Å². The molecule has 0 bridgehead atoms. The minimum atomic E-state index is -3.78. The van der Waals surface area contributed by atoms with Gasteiger partial charge in [0.2, 0.25) is 9.84 Å². The number of aryl methyl sites for hydroxylation is 1. The molecule has 0 aliphatic heterocycles.